The minimum atomic E-state index is -0.785. The number of carbonyl (C=O) groups excluding carboxylic acids is 3. The minimum absolute atomic E-state index is 0.0379. The van der Waals surface area contributed by atoms with Gasteiger partial charge in [0.05, 0.1) is 16.9 Å². The van der Waals surface area contributed by atoms with E-state index in [0.717, 1.165) is 16.0 Å². The van der Waals surface area contributed by atoms with Crippen molar-refractivity contribution in [2.75, 3.05) is 6.54 Å². The molecule has 31 heavy (non-hydrogen) atoms. The van der Waals surface area contributed by atoms with Gasteiger partial charge in [-0.25, -0.2) is 0 Å². The summed E-state index contributed by atoms with van der Waals surface area (Å²) >= 11 is 0. The van der Waals surface area contributed by atoms with Gasteiger partial charge >= 0.3 is 5.97 Å². The van der Waals surface area contributed by atoms with E-state index in [4.69, 9.17) is 4.74 Å². The molecule has 0 bridgehead atoms. The fraction of sp³-hybridized carbons (Fsp3) is 0.0870. The molecule has 0 atom stereocenters. The molecule has 0 spiro atoms. The van der Waals surface area contributed by atoms with Gasteiger partial charge in [-0.3, -0.25) is 29.4 Å². The third kappa shape index (κ3) is 3.91. The van der Waals surface area contributed by atoms with Crippen molar-refractivity contribution in [2.24, 2.45) is 0 Å². The Morgan fingerprint density at radius 3 is 2.23 bits per heavy atom. The van der Waals surface area contributed by atoms with Crippen LogP contribution in [0.3, 0.4) is 0 Å². The first-order valence-electron chi connectivity index (χ1n) is 9.45. The number of carbonyl (C=O) groups is 3. The van der Waals surface area contributed by atoms with E-state index in [9.17, 15) is 24.5 Å². The molecule has 0 fully saturated rings. The number of esters is 1. The van der Waals surface area contributed by atoms with E-state index in [1.165, 1.54) is 18.2 Å². The summed E-state index contributed by atoms with van der Waals surface area (Å²) in [7, 11) is 0. The maximum Gasteiger partial charge on any atom is 0.312 e. The largest absolute Gasteiger partial charge is 0.426 e. The number of hydrogen-bond acceptors (Lipinski definition) is 6. The molecule has 2 amide bonds. The van der Waals surface area contributed by atoms with E-state index in [0.29, 0.717) is 5.75 Å². The van der Waals surface area contributed by atoms with E-state index in [2.05, 4.69) is 0 Å². The van der Waals surface area contributed by atoms with Crippen LogP contribution in [0.15, 0.2) is 72.8 Å². The molecule has 3 aromatic rings. The molecule has 0 saturated carbocycles. The maximum atomic E-state index is 12.5. The van der Waals surface area contributed by atoms with Gasteiger partial charge in [0, 0.05) is 12.6 Å². The molecule has 1 aliphatic heterocycles. The van der Waals surface area contributed by atoms with Crippen LogP contribution in [-0.4, -0.2) is 34.2 Å². The number of benzene rings is 3. The number of nitro groups is 1. The Morgan fingerprint density at radius 2 is 1.55 bits per heavy atom. The minimum Gasteiger partial charge on any atom is -0.426 e. The highest BCUT2D eigenvalue weighted by Crippen LogP contribution is 2.30. The zero-order valence-corrected chi connectivity index (χ0v) is 16.2. The number of nitrogens with zero attached hydrogens (tertiary/aromatic N) is 2. The second-order valence-electron chi connectivity index (χ2n) is 6.83. The Kier molecular flexibility index (Phi) is 5.28. The van der Waals surface area contributed by atoms with Crippen molar-refractivity contribution in [3.8, 4) is 16.9 Å². The van der Waals surface area contributed by atoms with Crippen LogP contribution < -0.4 is 4.74 Å². The van der Waals surface area contributed by atoms with Gasteiger partial charge < -0.3 is 4.74 Å². The molecule has 3 aromatic carbocycles. The van der Waals surface area contributed by atoms with Crippen LogP contribution in [-0.2, 0) is 4.79 Å². The Labute approximate surface area is 176 Å². The van der Waals surface area contributed by atoms with Crippen molar-refractivity contribution in [3.05, 3.63) is 94.0 Å². The Bertz CT molecular complexity index is 1190. The molecule has 0 N–H and O–H groups in total. The molecule has 1 heterocycles. The van der Waals surface area contributed by atoms with Crippen LogP contribution >= 0.6 is 0 Å². The van der Waals surface area contributed by atoms with Crippen molar-refractivity contribution in [1.29, 1.82) is 0 Å². The average molecular weight is 416 g/mol. The van der Waals surface area contributed by atoms with E-state index in [1.54, 1.807) is 12.1 Å². The van der Waals surface area contributed by atoms with E-state index in [1.807, 2.05) is 42.5 Å². The van der Waals surface area contributed by atoms with Gasteiger partial charge in [-0.15, -0.1) is 0 Å². The molecule has 0 unspecified atom stereocenters. The normalized spacial score (nSPS) is 12.6. The second kappa shape index (κ2) is 8.19. The fourth-order valence-corrected chi connectivity index (χ4v) is 3.40. The van der Waals surface area contributed by atoms with Crippen molar-refractivity contribution < 1.29 is 24.0 Å². The third-order valence-electron chi connectivity index (χ3n) is 4.91. The number of imide groups is 1. The molecule has 0 radical (unpaired) electrons. The number of nitro benzene ring substituents is 1. The summed E-state index contributed by atoms with van der Waals surface area (Å²) < 4.78 is 5.28. The zero-order valence-electron chi connectivity index (χ0n) is 16.2. The first-order valence-corrected chi connectivity index (χ1v) is 9.45. The smallest absolute Gasteiger partial charge is 0.312 e. The van der Waals surface area contributed by atoms with Gasteiger partial charge in [0.2, 0.25) is 0 Å². The average Bonchev–Trinajstić information content (AvgIpc) is 3.03. The van der Waals surface area contributed by atoms with E-state index >= 15 is 0 Å². The quantitative estimate of drug-likeness (QED) is 0.199. The number of hydrogen-bond donors (Lipinski definition) is 0. The number of amides is 2. The van der Waals surface area contributed by atoms with Crippen molar-refractivity contribution in [1.82, 2.24) is 4.90 Å². The van der Waals surface area contributed by atoms with Gasteiger partial charge in [-0.05, 0) is 29.3 Å². The van der Waals surface area contributed by atoms with Crippen LogP contribution in [0.5, 0.6) is 5.75 Å². The molecule has 0 saturated heterocycles. The molecule has 8 heteroatoms. The first kappa shape index (κ1) is 20.0. The molecule has 1 aliphatic rings. The zero-order chi connectivity index (χ0) is 22.0. The Morgan fingerprint density at radius 1 is 0.871 bits per heavy atom. The van der Waals surface area contributed by atoms with Gasteiger partial charge in [0.25, 0.3) is 17.5 Å². The summed E-state index contributed by atoms with van der Waals surface area (Å²) in [5.41, 5.74) is 1.28. The molecular weight excluding hydrogens is 400 g/mol. The molecular formula is C23H16N2O6. The van der Waals surface area contributed by atoms with E-state index in [-0.39, 0.29) is 24.1 Å². The van der Waals surface area contributed by atoms with Crippen molar-refractivity contribution in [3.63, 3.8) is 0 Å². The van der Waals surface area contributed by atoms with Crippen LogP contribution in [0.1, 0.15) is 27.1 Å². The van der Waals surface area contributed by atoms with Gasteiger partial charge in [0.15, 0.2) is 0 Å². The highest BCUT2D eigenvalue weighted by atomic mass is 16.6. The molecule has 0 aliphatic carbocycles. The highest BCUT2D eigenvalue weighted by molar-refractivity contribution is 6.23. The predicted molar refractivity (Wildman–Crippen MR) is 111 cm³/mol. The summed E-state index contributed by atoms with van der Waals surface area (Å²) in [5.74, 6) is -1.74. The predicted octanol–water partition coefficient (Wildman–Crippen LogP) is 3.85. The van der Waals surface area contributed by atoms with Crippen molar-refractivity contribution in [2.45, 2.75) is 6.42 Å². The van der Waals surface area contributed by atoms with Crippen molar-refractivity contribution >= 4 is 23.5 Å². The number of rotatable bonds is 6. The number of fused-ring (bicyclic) bond motifs is 1. The third-order valence-corrected chi connectivity index (χ3v) is 4.91. The fourth-order valence-electron chi connectivity index (χ4n) is 3.40. The topological polar surface area (TPSA) is 107 Å². The van der Waals surface area contributed by atoms with E-state index < -0.39 is 28.4 Å². The van der Waals surface area contributed by atoms with Gasteiger partial charge in [-0.2, -0.15) is 0 Å². The summed E-state index contributed by atoms with van der Waals surface area (Å²) in [4.78, 5) is 48.5. The summed E-state index contributed by atoms with van der Waals surface area (Å²) in [6.07, 6.45) is -0.236. The summed E-state index contributed by atoms with van der Waals surface area (Å²) in [5, 5.41) is 11.2. The SMILES string of the molecule is O=C(CCN1C(=O)c2cccc([N+](=O)[O-])c2C1=O)Oc1ccc(-c2ccccc2)cc1. The molecule has 8 nitrogen and oxygen atoms in total. The number of ether oxygens (including phenoxy) is 1. The lowest BCUT2D eigenvalue weighted by molar-refractivity contribution is -0.385. The second-order valence-corrected chi connectivity index (χ2v) is 6.83. The lowest BCUT2D eigenvalue weighted by Gasteiger charge is -2.13. The lowest BCUT2D eigenvalue weighted by Crippen LogP contribution is -2.32. The highest BCUT2D eigenvalue weighted by Gasteiger charge is 2.40. The standard InChI is InChI=1S/C23H16N2O6/c26-20(31-17-11-9-16(10-12-17)15-5-2-1-3-6-15)13-14-24-22(27)18-7-4-8-19(25(29)30)21(18)23(24)28/h1-12H,13-14H2. The van der Waals surface area contributed by atoms with Crippen LogP contribution in [0.25, 0.3) is 11.1 Å². The molecule has 0 aromatic heterocycles. The van der Waals surface area contributed by atoms with Gasteiger partial charge in [-0.1, -0.05) is 48.5 Å². The van der Waals surface area contributed by atoms with Crippen LogP contribution in [0.2, 0.25) is 0 Å². The lowest BCUT2D eigenvalue weighted by atomic mass is 10.1. The molecule has 4 rings (SSSR count). The van der Waals surface area contributed by atoms with Gasteiger partial charge in [0.1, 0.15) is 11.3 Å². The monoisotopic (exact) mass is 416 g/mol. The summed E-state index contributed by atoms with van der Waals surface area (Å²) in [6.45, 7) is -0.232. The Balaban J connectivity index is 1.39. The van der Waals surface area contributed by atoms with Crippen LogP contribution in [0, 0.1) is 10.1 Å². The Hall–Kier alpha value is -4.33. The summed E-state index contributed by atoms with van der Waals surface area (Å²) in [6, 6.07) is 20.5. The maximum absolute atomic E-state index is 12.5. The molecule has 154 valence electrons. The first-order chi connectivity index (χ1) is 15.0. The van der Waals surface area contributed by atoms with Crippen LogP contribution in [0.4, 0.5) is 5.69 Å².